The Labute approximate surface area is 174 Å². The van der Waals surface area contributed by atoms with Crippen LogP contribution in [0.1, 0.15) is 13.3 Å². The van der Waals surface area contributed by atoms with E-state index in [2.05, 4.69) is 4.74 Å². The van der Waals surface area contributed by atoms with Gasteiger partial charge in [-0.15, -0.1) is 0 Å². The molecule has 10 nitrogen and oxygen atoms in total. The molecule has 0 rings (SSSR count). The van der Waals surface area contributed by atoms with E-state index in [0.717, 1.165) is 0 Å². The van der Waals surface area contributed by atoms with Crippen LogP contribution in [-0.2, 0) is 14.3 Å². The molecule has 2 unspecified atom stereocenters. The minimum atomic E-state index is -2.13. The monoisotopic (exact) mass is 328 g/mol. The molecule has 0 aromatic rings. The molecule has 0 spiro atoms. The van der Waals surface area contributed by atoms with E-state index in [4.69, 9.17) is 15.3 Å². The molecule has 0 saturated carbocycles. The first kappa shape index (κ1) is 42.8. The second-order valence-corrected chi connectivity index (χ2v) is 2.40. The zero-order valence-corrected chi connectivity index (χ0v) is 9.14. The molecule has 12 heteroatoms. The molecule has 0 heterocycles. The summed E-state index contributed by atoms with van der Waals surface area (Å²) in [5, 5.41) is 25.8. The van der Waals surface area contributed by atoms with Gasteiger partial charge >= 0.3 is 92.9 Å². The first-order chi connectivity index (χ1) is 6.00. The molecule has 0 aliphatic heterocycles. The van der Waals surface area contributed by atoms with Crippen LogP contribution in [0.15, 0.2) is 0 Å². The Morgan fingerprint density at radius 2 is 1.42 bits per heavy atom. The predicted octanol–water partition coefficient (Wildman–Crippen LogP) is -5.85. The number of carboxylic acid groups (broad SMARTS) is 1. The summed E-state index contributed by atoms with van der Waals surface area (Å²) < 4.78 is 4.41. The standard InChI is InChI=1S/C7H12O6.K.Na.4H2O.2H/c1-2-3-13-7(12)5(9)4(8)6(10)11;;;;;;;;/h4-5,8-9H,2-3H2,1H3,(H,10,11);;;4*1H2;;. The van der Waals surface area contributed by atoms with Gasteiger partial charge < -0.3 is 42.0 Å². The van der Waals surface area contributed by atoms with Crippen molar-refractivity contribution in [3.63, 3.8) is 0 Å². The Bertz CT molecular complexity index is 204. The van der Waals surface area contributed by atoms with Gasteiger partial charge in [-0.1, -0.05) is 6.92 Å². The molecule has 19 heavy (non-hydrogen) atoms. The normalized spacial score (nSPS) is 10.1. The van der Waals surface area contributed by atoms with Crippen molar-refractivity contribution in [3.05, 3.63) is 0 Å². The third-order valence-electron chi connectivity index (χ3n) is 1.24. The number of rotatable bonds is 5. The van der Waals surface area contributed by atoms with E-state index in [1.807, 2.05) is 0 Å². The van der Waals surface area contributed by atoms with Gasteiger partial charge in [0.15, 0.2) is 12.2 Å². The maximum absolute atomic E-state index is 10.8. The topological polar surface area (TPSA) is 230 Å². The van der Waals surface area contributed by atoms with Crippen molar-refractivity contribution in [3.8, 4) is 0 Å². The van der Waals surface area contributed by atoms with Gasteiger partial charge in [0.1, 0.15) is 0 Å². The second kappa shape index (κ2) is 24.4. The van der Waals surface area contributed by atoms with E-state index in [-0.39, 0.29) is 109 Å². The van der Waals surface area contributed by atoms with Crippen LogP contribution in [0.5, 0.6) is 0 Å². The van der Waals surface area contributed by atoms with Crippen molar-refractivity contribution < 1.29 is 51.6 Å². The summed E-state index contributed by atoms with van der Waals surface area (Å²) in [4.78, 5) is 20.9. The molecule has 0 aromatic heterocycles. The molecule has 0 amide bonds. The minimum absolute atomic E-state index is 0. The van der Waals surface area contributed by atoms with Crippen LogP contribution >= 0.6 is 0 Å². The summed E-state index contributed by atoms with van der Waals surface area (Å²) >= 11 is 0. The van der Waals surface area contributed by atoms with Crippen molar-refractivity contribution >= 4 is 92.9 Å². The van der Waals surface area contributed by atoms with Crippen LogP contribution in [0.25, 0.3) is 0 Å². The number of carbonyl (C=O) groups is 2. The molecule has 2 atom stereocenters. The van der Waals surface area contributed by atoms with Gasteiger partial charge in [-0.25, -0.2) is 9.59 Å². The summed E-state index contributed by atoms with van der Waals surface area (Å²) in [5.74, 6) is -2.79. The number of aliphatic hydroxyl groups is 2. The molecular formula is C7H22KNaO10. The summed E-state index contributed by atoms with van der Waals surface area (Å²) in [6.45, 7) is 1.83. The van der Waals surface area contributed by atoms with Crippen LogP contribution in [0, 0.1) is 0 Å². The van der Waals surface area contributed by atoms with Gasteiger partial charge in [0.05, 0.1) is 6.61 Å². The first-order valence-electron chi connectivity index (χ1n) is 3.76. The first-order valence-corrected chi connectivity index (χ1v) is 3.76. The van der Waals surface area contributed by atoms with Crippen LogP contribution in [0.2, 0.25) is 0 Å². The number of hydrogen-bond acceptors (Lipinski definition) is 5. The molecular weight excluding hydrogens is 306 g/mol. The number of hydrogen-bond donors (Lipinski definition) is 3. The summed E-state index contributed by atoms with van der Waals surface area (Å²) in [6, 6.07) is 0. The third-order valence-corrected chi connectivity index (χ3v) is 1.24. The van der Waals surface area contributed by atoms with Crippen molar-refractivity contribution in [2.45, 2.75) is 25.6 Å². The van der Waals surface area contributed by atoms with Crippen LogP contribution in [0.4, 0.5) is 0 Å². The molecule has 0 radical (unpaired) electrons. The van der Waals surface area contributed by atoms with Gasteiger partial charge in [-0.05, 0) is 6.42 Å². The van der Waals surface area contributed by atoms with E-state index in [0.29, 0.717) is 6.42 Å². The SMILES string of the molecule is CCCOC(=O)C(O)C(O)C(=O)O.O.O.O.O.[KH].[NaH]. The molecule has 0 aromatic carbocycles. The third kappa shape index (κ3) is 19.3. The number of carboxylic acids is 1. The fraction of sp³-hybridized carbons (Fsp3) is 0.714. The van der Waals surface area contributed by atoms with Gasteiger partial charge in [0.2, 0.25) is 0 Å². The summed E-state index contributed by atoms with van der Waals surface area (Å²) in [6.07, 6.45) is -3.60. The van der Waals surface area contributed by atoms with Crippen molar-refractivity contribution in [2.24, 2.45) is 0 Å². The van der Waals surface area contributed by atoms with Crippen LogP contribution in [-0.4, -0.2) is 149 Å². The molecule has 112 valence electrons. The molecule has 11 N–H and O–H groups in total. The van der Waals surface area contributed by atoms with E-state index in [1.165, 1.54) is 0 Å². The second-order valence-electron chi connectivity index (χ2n) is 2.40. The number of esters is 1. The quantitative estimate of drug-likeness (QED) is 0.328. The average molecular weight is 328 g/mol. The summed E-state index contributed by atoms with van der Waals surface area (Å²) in [7, 11) is 0. The maximum atomic E-state index is 10.8. The predicted molar refractivity (Wildman–Crippen MR) is 69.7 cm³/mol. The van der Waals surface area contributed by atoms with Gasteiger partial charge in [-0.3, -0.25) is 0 Å². The Morgan fingerprint density at radius 3 is 1.68 bits per heavy atom. The Morgan fingerprint density at radius 1 is 1.05 bits per heavy atom. The average Bonchev–Trinajstić information content (AvgIpc) is 2.11. The fourth-order valence-electron chi connectivity index (χ4n) is 0.552. The molecule has 0 aliphatic carbocycles. The number of ether oxygens (including phenoxy) is 1. The van der Waals surface area contributed by atoms with Crippen molar-refractivity contribution in [1.82, 2.24) is 0 Å². The van der Waals surface area contributed by atoms with Crippen LogP contribution in [0.3, 0.4) is 0 Å². The fourth-order valence-corrected chi connectivity index (χ4v) is 0.552. The zero-order chi connectivity index (χ0) is 10.4. The Hall–Kier alpha value is 1.34. The van der Waals surface area contributed by atoms with E-state index in [1.54, 1.807) is 6.92 Å². The number of aliphatic hydroxyl groups excluding tert-OH is 2. The van der Waals surface area contributed by atoms with E-state index in [9.17, 15) is 9.59 Å². The van der Waals surface area contributed by atoms with Crippen molar-refractivity contribution in [2.75, 3.05) is 6.61 Å². The molecule has 0 fully saturated rings. The Balaban J connectivity index is -0.0000000480. The molecule has 0 saturated heterocycles. The zero-order valence-electron chi connectivity index (χ0n) is 9.14. The van der Waals surface area contributed by atoms with Gasteiger partial charge in [0.25, 0.3) is 0 Å². The number of aliphatic carboxylic acids is 1. The van der Waals surface area contributed by atoms with Gasteiger partial charge in [0, 0.05) is 0 Å². The van der Waals surface area contributed by atoms with Crippen molar-refractivity contribution in [1.29, 1.82) is 0 Å². The summed E-state index contributed by atoms with van der Waals surface area (Å²) in [5.41, 5.74) is 0. The molecule has 0 bridgehead atoms. The Kier molecular flexibility index (Phi) is 54.8. The number of carbonyl (C=O) groups excluding carboxylic acids is 1. The van der Waals surface area contributed by atoms with Gasteiger partial charge in [-0.2, -0.15) is 0 Å². The van der Waals surface area contributed by atoms with E-state index < -0.39 is 24.1 Å². The molecule has 0 aliphatic rings. The van der Waals surface area contributed by atoms with Crippen LogP contribution < -0.4 is 0 Å². The van der Waals surface area contributed by atoms with E-state index >= 15 is 0 Å².